The number of hydrogen-bond acceptors (Lipinski definition) is 5. The third-order valence-electron chi connectivity index (χ3n) is 3.14. The van der Waals surface area contributed by atoms with Crippen LogP contribution in [0.25, 0.3) is 11.1 Å². The van der Waals surface area contributed by atoms with Gasteiger partial charge in [-0.3, -0.25) is 4.79 Å². The molecule has 1 aromatic carbocycles. The van der Waals surface area contributed by atoms with E-state index >= 15 is 0 Å². The molecule has 2 N–H and O–H groups in total. The minimum absolute atomic E-state index is 0.00918. The number of carbonyl (C=O) groups excluding carboxylic acids is 1. The van der Waals surface area contributed by atoms with Crippen molar-refractivity contribution in [2.24, 2.45) is 0 Å². The van der Waals surface area contributed by atoms with Crippen LogP contribution in [-0.2, 0) is 0 Å². The Kier molecular flexibility index (Phi) is 3.06. The van der Waals surface area contributed by atoms with Gasteiger partial charge in [0.1, 0.15) is 5.75 Å². The number of rotatable bonds is 2. The molecule has 2 heterocycles. The Hall–Kier alpha value is -2.89. The van der Waals surface area contributed by atoms with Crippen molar-refractivity contribution in [3.05, 3.63) is 47.3 Å². The maximum atomic E-state index is 12.5. The third kappa shape index (κ3) is 2.31. The maximum Gasteiger partial charge on any atom is 0.258 e. The predicted octanol–water partition coefficient (Wildman–Crippen LogP) is 2.80. The van der Waals surface area contributed by atoms with E-state index in [9.17, 15) is 9.90 Å². The zero-order valence-corrected chi connectivity index (χ0v) is 11.5. The molecule has 0 saturated carbocycles. The highest BCUT2D eigenvalue weighted by molar-refractivity contribution is 6.12. The molecule has 2 aromatic heterocycles. The van der Waals surface area contributed by atoms with Gasteiger partial charge in [0, 0.05) is 5.69 Å². The number of hydrogen-bond donors (Lipinski definition) is 2. The smallest absolute Gasteiger partial charge is 0.258 e. The van der Waals surface area contributed by atoms with Crippen LogP contribution in [-0.4, -0.2) is 21.2 Å². The number of phenolic OH excluding ortho intramolecular Hbond substituents is 1. The Balaban J connectivity index is 2.06. The second-order valence-electron chi connectivity index (χ2n) is 4.73. The van der Waals surface area contributed by atoms with Crippen molar-refractivity contribution >= 4 is 22.7 Å². The van der Waals surface area contributed by atoms with Crippen molar-refractivity contribution in [3.63, 3.8) is 0 Å². The van der Waals surface area contributed by atoms with Gasteiger partial charge in [-0.1, -0.05) is 17.3 Å². The summed E-state index contributed by atoms with van der Waals surface area (Å²) in [6.07, 6.45) is 0. The fourth-order valence-electron chi connectivity index (χ4n) is 2.17. The van der Waals surface area contributed by atoms with E-state index in [2.05, 4.69) is 15.5 Å². The number of carbonyl (C=O) groups is 1. The van der Waals surface area contributed by atoms with Gasteiger partial charge in [0.25, 0.3) is 11.6 Å². The standard InChI is InChI=1S/C15H13N3O3/c1-8-7-10(13-9(2)18-21-15(13)16-8)14(20)17-11-5-3-4-6-12(11)19/h3-7,19H,1-2H3,(H,17,20). The minimum Gasteiger partial charge on any atom is -0.506 e. The molecule has 6 heteroatoms. The average Bonchev–Trinajstić information content (AvgIpc) is 2.82. The van der Waals surface area contributed by atoms with Crippen molar-refractivity contribution < 1.29 is 14.4 Å². The lowest BCUT2D eigenvalue weighted by molar-refractivity contribution is 0.102. The number of amides is 1. The number of fused-ring (bicyclic) bond motifs is 1. The van der Waals surface area contributed by atoms with Crippen LogP contribution in [0.4, 0.5) is 5.69 Å². The normalized spacial score (nSPS) is 10.8. The van der Waals surface area contributed by atoms with Crippen LogP contribution < -0.4 is 5.32 Å². The molecule has 106 valence electrons. The number of pyridine rings is 1. The lowest BCUT2D eigenvalue weighted by Gasteiger charge is -2.08. The monoisotopic (exact) mass is 283 g/mol. The van der Waals surface area contributed by atoms with Crippen molar-refractivity contribution in [2.45, 2.75) is 13.8 Å². The van der Waals surface area contributed by atoms with E-state index < -0.39 is 0 Å². The second-order valence-corrected chi connectivity index (χ2v) is 4.73. The number of nitrogens with zero attached hydrogens (tertiary/aromatic N) is 2. The summed E-state index contributed by atoms with van der Waals surface area (Å²) < 4.78 is 5.10. The zero-order chi connectivity index (χ0) is 15.0. The Morgan fingerprint density at radius 3 is 2.81 bits per heavy atom. The first-order valence-corrected chi connectivity index (χ1v) is 6.39. The van der Waals surface area contributed by atoms with E-state index in [1.54, 1.807) is 38.1 Å². The Labute approximate surface area is 120 Å². The van der Waals surface area contributed by atoms with Crippen molar-refractivity contribution in [2.75, 3.05) is 5.32 Å². The summed E-state index contributed by atoms with van der Waals surface area (Å²) in [6, 6.07) is 8.21. The highest BCUT2D eigenvalue weighted by atomic mass is 16.5. The van der Waals surface area contributed by atoms with Gasteiger partial charge in [-0.2, -0.15) is 0 Å². The average molecular weight is 283 g/mol. The third-order valence-corrected chi connectivity index (χ3v) is 3.14. The maximum absolute atomic E-state index is 12.5. The molecule has 0 unspecified atom stereocenters. The number of nitrogens with one attached hydrogen (secondary N) is 1. The molecule has 0 fully saturated rings. The van der Waals surface area contributed by atoms with Crippen LogP contribution in [0, 0.1) is 13.8 Å². The lowest BCUT2D eigenvalue weighted by atomic mass is 10.1. The van der Waals surface area contributed by atoms with E-state index in [4.69, 9.17) is 4.52 Å². The number of aromatic hydroxyl groups is 1. The highest BCUT2D eigenvalue weighted by Gasteiger charge is 2.18. The molecular formula is C15H13N3O3. The predicted molar refractivity (Wildman–Crippen MR) is 77.3 cm³/mol. The molecule has 1 amide bonds. The van der Waals surface area contributed by atoms with Crippen LogP contribution >= 0.6 is 0 Å². The summed E-state index contributed by atoms with van der Waals surface area (Å²) in [7, 11) is 0. The van der Waals surface area contributed by atoms with Gasteiger partial charge in [-0.25, -0.2) is 4.98 Å². The molecule has 21 heavy (non-hydrogen) atoms. The van der Waals surface area contributed by atoms with E-state index in [0.717, 1.165) is 0 Å². The van der Waals surface area contributed by atoms with Gasteiger partial charge in [0.05, 0.1) is 22.3 Å². The van der Waals surface area contributed by atoms with Crippen LogP contribution in [0.5, 0.6) is 5.75 Å². The second kappa shape index (κ2) is 4.90. The van der Waals surface area contributed by atoms with E-state index in [1.807, 2.05) is 0 Å². The number of benzene rings is 1. The fourth-order valence-corrected chi connectivity index (χ4v) is 2.17. The quantitative estimate of drug-likeness (QED) is 0.706. The lowest BCUT2D eigenvalue weighted by Crippen LogP contribution is -2.13. The first-order valence-electron chi connectivity index (χ1n) is 6.39. The number of aromatic nitrogens is 2. The molecule has 0 saturated heterocycles. The molecule has 0 aliphatic heterocycles. The first kappa shape index (κ1) is 13.1. The topological polar surface area (TPSA) is 88.2 Å². The van der Waals surface area contributed by atoms with E-state index in [-0.39, 0.29) is 11.7 Å². The number of phenols is 1. The van der Waals surface area contributed by atoms with Gasteiger partial charge < -0.3 is 14.9 Å². The summed E-state index contributed by atoms with van der Waals surface area (Å²) in [4.78, 5) is 16.7. The number of aryl methyl sites for hydroxylation is 2. The first-order chi connectivity index (χ1) is 10.1. The Bertz CT molecular complexity index is 839. The van der Waals surface area contributed by atoms with Crippen molar-refractivity contribution in [1.29, 1.82) is 0 Å². The SMILES string of the molecule is Cc1cc(C(=O)Nc2ccccc2O)c2c(C)noc2n1. The highest BCUT2D eigenvalue weighted by Crippen LogP contribution is 2.25. The summed E-state index contributed by atoms with van der Waals surface area (Å²) in [5, 5.41) is 16.8. The molecule has 0 bridgehead atoms. The number of anilines is 1. The van der Waals surface area contributed by atoms with Crippen LogP contribution in [0.1, 0.15) is 21.7 Å². The molecule has 0 radical (unpaired) electrons. The molecule has 0 spiro atoms. The summed E-state index contributed by atoms with van der Waals surface area (Å²) in [5.74, 6) is -0.340. The van der Waals surface area contributed by atoms with Crippen LogP contribution in [0.2, 0.25) is 0 Å². The summed E-state index contributed by atoms with van der Waals surface area (Å²) in [6.45, 7) is 3.52. The van der Waals surface area contributed by atoms with Crippen LogP contribution in [0.15, 0.2) is 34.9 Å². The Morgan fingerprint density at radius 1 is 1.29 bits per heavy atom. The Morgan fingerprint density at radius 2 is 2.05 bits per heavy atom. The fraction of sp³-hybridized carbons (Fsp3) is 0.133. The number of para-hydroxylation sites is 2. The summed E-state index contributed by atoms with van der Waals surface area (Å²) in [5.41, 5.74) is 2.34. The summed E-state index contributed by atoms with van der Waals surface area (Å²) >= 11 is 0. The van der Waals surface area contributed by atoms with E-state index in [0.29, 0.717) is 33.7 Å². The van der Waals surface area contributed by atoms with Crippen LogP contribution in [0.3, 0.4) is 0 Å². The molecular weight excluding hydrogens is 270 g/mol. The molecule has 6 nitrogen and oxygen atoms in total. The van der Waals surface area contributed by atoms with Gasteiger partial charge in [-0.15, -0.1) is 0 Å². The molecule has 0 aliphatic rings. The molecule has 3 rings (SSSR count). The minimum atomic E-state index is -0.349. The van der Waals surface area contributed by atoms with Crippen molar-refractivity contribution in [3.8, 4) is 5.75 Å². The van der Waals surface area contributed by atoms with Gasteiger partial charge in [-0.05, 0) is 32.0 Å². The molecule has 0 aliphatic carbocycles. The molecule has 3 aromatic rings. The van der Waals surface area contributed by atoms with Gasteiger partial charge >= 0.3 is 0 Å². The molecule has 0 atom stereocenters. The van der Waals surface area contributed by atoms with Gasteiger partial charge in [0.2, 0.25) is 0 Å². The zero-order valence-electron chi connectivity index (χ0n) is 11.5. The largest absolute Gasteiger partial charge is 0.506 e. The van der Waals surface area contributed by atoms with E-state index in [1.165, 1.54) is 6.07 Å². The van der Waals surface area contributed by atoms with Gasteiger partial charge in [0.15, 0.2) is 0 Å². The van der Waals surface area contributed by atoms with Crippen molar-refractivity contribution in [1.82, 2.24) is 10.1 Å².